The van der Waals surface area contributed by atoms with E-state index in [4.69, 9.17) is 10.3 Å². The summed E-state index contributed by atoms with van der Waals surface area (Å²) in [6.07, 6.45) is 0.302. The van der Waals surface area contributed by atoms with Gasteiger partial charge in [-0.25, -0.2) is 0 Å². The number of nitrogens with two attached hydrogens (primary N) is 1. The van der Waals surface area contributed by atoms with E-state index in [0.717, 1.165) is 0 Å². The number of hydrogen-bond acceptors (Lipinski definition) is 4. The summed E-state index contributed by atoms with van der Waals surface area (Å²) in [6, 6.07) is 5.88. The predicted octanol–water partition coefficient (Wildman–Crippen LogP) is 0.245. The van der Waals surface area contributed by atoms with Crippen molar-refractivity contribution in [1.82, 2.24) is 0 Å². The van der Waals surface area contributed by atoms with Crippen molar-refractivity contribution in [3.8, 4) is 0 Å². The monoisotopic (exact) mass is 270 g/mol. The van der Waals surface area contributed by atoms with Gasteiger partial charge in [-0.1, -0.05) is 12.1 Å². The molecule has 1 aromatic carbocycles. The van der Waals surface area contributed by atoms with Crippen molar-refractivity contribution >= 4 is 21.7 Å². The van der Waals surface area contributed by atoms with E-state index < -0.39 is 10.1 Å². The van der Waals surface area contributed by atoms with Gasteiger partial charge in [0.25, 0.3) is 10.1 Å². The van der Waals surface area contributed by atoms with Crippen molar-refractivity contribution in [2.75, 3.05) is 18.0 Å². The van der Waals surface area contributed by atoms with E-state index in [1.165, 1.54) is 23.1 Å². The van der Waals surface area contributed by atoms with Crippen molar-refractivity contribution in [2.45, 2.75) is 11.3 Å². The molecule has 1 heterocycles. The van der Waals surface area contributed by atoms with Crippen LogP contribution in [0.3, 0.4) is 0 Å². The second-order valence-corrected chi connectivity index (χ2v) is 5.64. The number of benzene rings is 1. The highest BCUT2D eigenvalue weighted by Crippen LogP contribution is 2.30. The van der Waals surface area contributed by atoms with Crippen molar-refractivity contribution in [3.05, 3.63) is 24.3 Å². The lowest BCUT2D eigenvalue weighted by Crippen LogP contribution is -2.27. The Hall–Kier alpha value is -1.44. The fourth-order valence-corrected chi connectivity index (χ4v) is 2.76. The summed E-state index contributed by atoms with van der Waals surface area (Å²) in [5, 5.41) is 0. The lowest BCUT2D eigenvalue weighted by atomic mass is 10.1. The maximum absolute atomic E-state index is 11.8. The molecule has 0 aliphatic carbocycles. The first-order valence-corrected chi connectivity index (χ1v) is 6.94. The van der Waals surface area contributed by atoms with Crippen LogP contribution in [-0.2, 0) is 14.9 Å². The average Bonchev–Trinajstić information content (AvgIpc) is 2.69. The largest absolute Gasteiger partial charge is 0.330 e. The third-order valence-corrected chi connectivity index (χ3v) is 3.87. The van der Waals surface area contributed by atoms with Crippen LogP contribution in [0.2, 0.25) is 0 Å². The average molecular weight is 270 g/mol. The van der Waals surface area contributed by atoms with Crippen molar-refractivity contribution in [3.63, 3.8) is 0 Å². The number of hydrogen-bond donors (Lipinski definition) is 2. The molecule has 1 fully saturated rings. The van der Waals surface area contributed by atoms with E-state index in [1.54, 1.807) is 6.07 Å². The Bertz CT molecular complexity index is 570. The molecule has 0 aromatic heterocycles. The second-order valence-electron chi connectivity index (χ2n) is 4.25. The van der Waals surface area contributed by atoms with Gasteiger partial charge in [-0.2, -0.15) is 8.42 Å². The molecule has 6 nitrogen and oxygen atoms in total. The second kappa shape index (κ2) is 4.68. The first-order chi connectivity index (χ1) is 8.43. The Morgan fingerprint density at radius 3 is 2.61 bits per heavy atom. The SMILES string of the molecule is NCC1CC(=O)N(c2ccccc2S(=O)(=O)O)C1. The molecule has 1 aliphatic rings. The van der Waals surface area contributed by atoms with Crippen molar-refractivity contribution in [1.29, 1.82) is 0 Å². The van der Waals surface area contributed by atoms with Crippen molar-refractivity contribution < 1.29 is 17.8 Å². The normalized spacial score (nSPS) is 20.4. The third-order valence-electron chi connectivity index (χ3n) is 2.97. The van der Waals surface area contributed by atoms with Crippen LogP contribution in [0.1, 0.15) is 6.42 Å². The standard InChI is InChI=1S/C11H14N2O4S/c12-6-8-5-11(14)13(7-8)9-3-1-2-4-10(9)18(15,16)17/h1-4,8H,5-7,12H2,(H,15,16,17). The molecule has 0 bridgehead atoms. The van der Waals surface area contributed by atoms with Crippen LogP contribution in [0.25, 0.3) is 0 Å². The van der Waals surface area contributed by atoms with Crippen LogP contribution in [-0.4, -0.2) is 32.0 Å². The first kappa shape index (κ1) is 13.0. The molecule has 0 spiro atoms. The molecule has 2 rings (SSSR count). The Morgan fingerprint density at radius 2 is 2.06 bits per heavy atom. The molecule has 98 valence electrons. The molecule has 7 heteroatoms. The quantitative estimate of drug-likeness (QED) is 0.766. The fourth-order valence-electron chi connectivity index (χ4n) is 2.07. The van der Waals surface area contributed by atoms with Crippen LogP contribution >= 0.6 is 0 Å². The molecule has 1 aliphatic heterocycles. The zero-order chi connectivity index (χ0) is 13.3. The van der Waals surface area contributed by atoms with E-state index in [0.29, 0.717) is 19.5 Å². The van der Waals surface area contributed by atoms with Gasteiger partial charge in [-0.15, -0.1) is 0 Å². The molecule has 1 unspecified atom stereocenters. The Kier molecular flexibility index (Phi) is 3.38. The highest BCUT2D eigenvalue weighted by molar-refractivity contribution is 7.86. The lowest BCUT2D eigenvalue weighted by molar-refractivity contribution is -0.117. The summed E-state index contributed by atoms with van der Waals surface area (Å²) >= 11 is 0. The third kappa shape index (κ3) is 2.38. The van der Waals surface area contributed by atoms with Crippen LogP contribution in [0.4, 0.5) is 5.69 Å². The number of anilines is 1. The summed E-state index contributed by atoms with van der Waals surface area (Å²) in [5.41, 5.74) is 5.72. The first-order valence-electron chi connectivity index (χ1n) is 5.50. The Morgan fingerprint density at radius 1 is 1.39 bits per heavy atom. The van der Waals surface area contributed by atoms with Crippen LogP contribution in [0.15, 0.2) is 29.2 Å². The number of carbonyl (C=O) groups is 1. The summed E-state index contributed by atoms with van der Waals surface area (Å²) in [4.78, 5) is 12.9. The minimum Gasteiger partial charge on any atom is -0.330 e. The van der Waals surface area contributed by atoms with E-state index in [-0.39, 0.29) is 22.4 Å². The summed E-state index contributed by atoms with van der Waals surface area (Å²) in [5.74, 6) is -0.159. The zero-order valence-corrected chi connectivity index (χ0v) is 10.4. The molecule has 3 N–H and O–H groups in total. The number of para-hydroxylation sites is 1. The smallest absolute Gasteiger partial charge is 0.296 e. The van der Waals surface area contributed by atoms with Gasteiger partial charge in [0, 0.05) is 13.0 Å². The molecule has 1 atom stereocenters. The fraction of sp³-hybridized carbons (Fsp3) is 0.364. The minimum absolute atomic E-state index is 0.0203. The minimum atomic E-state index is -4.34. The summed E-state index contributed by atoms with van der Waals surface area (Å²) in [6.45, 7) is 0.748. The van der Waals surface area contributed by atoms with E-state index in [2.05, 4.69) is 0 Å². The van der Waals surface area contributed by atoms with Crippen LogP contribution < -0.4 is 10.6 Å². The van der Waals surface area contributed by atoms with Gasteiger partial charge in [-0.05, 0) is 24.6 Å². The van der Waals surface area contributed by atoms with Gasteiger partial charge < -0.3 is 10.6 Å². The molecule has 0 saturated carbocycles. The maximum atomic E-state index is 11.8. The highest BCUT2D eigenvalue weighted by Gasteiger charge is 2.32. The summed E-state index contributed by atoms with van der Waals surface area (Å²) < 4.78 is 31.7. The zero-order valence-electron chi connectivity index (χ0n) is 9.61. The van der Waals surface area contributed by atoms with Crippen molar-refractivity contribution in [2.24, 2.45) is 11.7 Å². The van der Waals surface area contributed by atoms with Gasteiger partial charge >= 0.3 is 0 Å². The topological polar surface area (TPSA) is 101 Å². The maximum Gasteiger partial charge on any atom is 0.296 e. The molecule has 1 aromatic rings. The summed E-state index contributed by atoms with van der Waals surface area (Å²) in [7, 11) is -4.34. The predicted molar refractivity (Wildman–Crippen MR) is 65.8 cm³/mol. The number of carbonyl (C=O) groups excluding carboxylic acids is 1. The number of amides is 1. The van der Waals surface area contributed by atoms with Gasteiger partial charge in [0.1, 0.15) is 4.90 Å². The van der Waals surface area contributed by atoms with Gasteiger partial charge in [0.15, 0.2) is 0 Å². The lowest BCUT2D eigenvalue weighted by Gasteiger charge is -2.18. The highest BCUT2D eigenvalue weighted by atomic mass is 32.2. The number of rotatable bonds is 3. The molecule has 1 amide bonds. The van der Waals surface area contributed by atoms with Gasteiger partial charge in [-0.3, -0.25) is 9.35 Å². The van der Waals surface area contributed by atoms with E-state index in [9.17, 15) is 13.2 Å². The molecule has 1 saturated heterocycles. The van der Waals surface area contributed by atoms with Crippen LogP contribution in [0.5, 0.6) is 0 Å². The van der Waals surface area contributed by atoms with E-state index in [1.807, 2.05) is 0 Å². The Labute approximate surface area is 105 Å². The Balaban J connectivity index is 2.44. The van der Waals surface area contributed by atoms with Gasteiger partial charge in [0.2, 0.25) is 5.91 Å². The molecular formula is C11H14N2O4S. The van der Waals surface area contributed by atoms with Gasteiger partial charge in [0.05, 0.1) is 5.69 Å². The van der Waals surface area contributed by atoms with Crippen LogP contribution in [0, 0.1) is 5.92 Å². The molecular weight excluding hydrogens is 256 g/mol. The molecule has 18 heavy (non-hydrogen) atoms. The number of nitrogens with zero attached hydrogens (tertiary/aromatic N) is 1. The molecule has 0 radical (unpaired) electrons. The van der Waals surface area contributed by atoms with E-state index >= 15 is 0 Å².